The van der Waals surface area contributed by atoms with Gasteiger partial charge in [-0.25, -0.2) is 0 Å². The standard InChI is InChI=1S/C69H137NO5/c1-3-5-7-9-11-13-15-17-18-31-35-39-43-47-51-55-59-63-69(74)75-64-60-56-52-48-44-40-36-33-30-28-26-24-22-20-19-21-23-25-27-29-32-34-38-42-46-50-54-58-62-68(73)70-66(65-71)67(72)61-57-53-49-45-41-37-16-14-12-10-8-6-4-2/h66-67,71-72H,3-65H2,1-2H3,(H,70,73). The number of unbranched alkanes of at least 4 members (excludes halogenated alkanes) is 55. The molecule has 0 aromatic heterocycles. The maximum atomic E-state index is 12.5. The summed E-state index contributed by atoms with van der Waals surface area (Å²) >= 11 is 0. The Labute approximate surface area is 470 Å². The summed E-state index contributed by atoms with van der Waals surface area (Å²) in [5.41, 5.74) is 0. The van der Waals surface area contributed by atoms with Gasteiger partial charge in [0.05, 0.1) is 25.4 Å². The van der Waals surface area contributed by atoms with Gasteiger partial charge in [0.25, 0.3) is 0 Å². The number of esters is 1. The first kappa shape index (κ1) is 73.9. The van der Waals surface area contributed by atoms with Gasteiger partial charge in [0.2, 0.25) is 5.91 Å². The first-order valence-electron chi connectivity index (χ1n) is 34.8. The molecular formula is C69H137NO5. The minimum atomic E-state index is -0.660. The number of ether oxygens (including phenoxy) is 1. The van der Waals surface area contributed by atoms with Crippen LogP contribution in [0.5, 0.6) is 0 Å². The van der Waals surface area contributed by atoms with Crippen molar-refractivity contribution in [2.75, 3.05) is 13.2 Å². The number of hydrogen-bond donors (Lipinski definition) is 3. The van der Waals surface area contributed by atoms with E-state index in [-0.39, 0.29) is 18.5 Å². The Balaban J connectivity index is 3.30. The second-order valence-electron chi connectivity index (χ2n) is 24.2. The average molecular weight is 1060 g/mol. The fourth-order valence-corrected chi connectivity index (χ4v) is 11.4. The monoisotopic (exact) mass is 1060 g/mol. The minimum Gasteiger partial charge on any atom is -0.466 e. The Kier molecular flexibility index (Phi) is 64.4. The van der Waals surface area contributed by atoms with Crippen LogP contribution < -0.4 is 5.32 Å². The molecule has 3 N–H and O–H groups in total. The molecule has 0 bridgehead atoms. The Morgan fingerprint density at radius 1 is 0.320 bits per heavy atom. The molecule has 6 nitrogen and oxygen atoms in total. The van der Waals surface area contributed by atoms with Crippen LogP contribution in [0.15, 0.2) is 0 Å². The van der Waals surface area contributed by atoms with Crippen molar-refractivity contribution in [2.45, 2.75) is 418 Å². The van der Waals surface area contributed by atoms with E-state index in [0.717, 1.165) is 38.5 Å². The van der Waals surface area contributed by atoms with Crippen LogP contribution in [-0.4, -0.2) is 47.4 Å². The van der Waals surface area contributed by atoms with E-state index in [4.69, 9.17) is 4.74 Å². The molecular weight excluding hydrogens is 923 g/mol. The molecule has 0 rings (SSSR count). The Morgan fingerprint density at radius 2 is 0.547 bits per heavy atom. The molecule has 0 aliphatic heterocycles. The summed E-state index contributed by atoms with van der Waals surface area (Å²) in [5.74, 6) is -0.00508. The van der Waals surface area contributed by atoms with Gasteiger partial charge in [-0.1, -0.05) is 367 Å². The fourth-order valence-electron chi connectivity index (χ4n) is 11.4. The van der Waals surface area contributed by atoms with Crippen molar-refractivity contribution in [1.82, 2.24) is 5.32 Å². The Hall–Kier alpha value is -1.14. The van der Waals surface area contributed by atoms with Crippen molar-refractivity contribution in [1.29, 1.82) is 0 Å². The van der Waals surface area contributed by atoms with E-state index in [1.54, 1.807) is 0 Å². The summed E-state index contributed by atoms with van der Waals surface area (Å²) < 4.78 is 5.51. The number of aliphatic hydroxyl groups excluding tert-OH is 2. The van der Waals surface area contributed by atoms with Gasteiger partial charge >= 0.3 is 5.97 Å². The van der Waals surface area contributed by atoms with E-state index in [0.29, 0.717) is 25.9 Å². The molecule has 0 aliphatic rings. The third kappa shape index (κ3) is 61.9. The van der Waals surface area contributed by atoms with Gasteiger partial charge in [0, 0.05) is 12.8 Å². The molecule has 2 unspecified atom stereocenters. The first-order chi connectivity index (χ1) is 37.0. The van der Waals surface area contributed by atoms with E-state index in [1.165, 1.54) is 334 Å². The van der Waals surface area contributed by atoms with E-state index in [1.807, 2.05) is 0 Å². The van der Waals surface area contributed by atoms with Crippen LogP contribution in [0.1, 0.15) is 406 Å². The predicted molar refractivity (Wildman–Crippen MR) is 329 cm³/mol. The Bertz CT molecular complexity index is 1080. The minimum absolute atomic E-state index is 0.0239. The molecule has 1 amide bonds. The molecule has 0 saturated heterocycles. The zero-order valence-electron chi connectivity index (χ0n) is 51.3. The molecule has 0 radical (unpaired) electrons. The molecule has 0 saturated carbocycles. The highest BCUT2D eigenvalue weighted by Gasteiger charge is 2.20. The molecule has 6 heteroatoms. The normalized spacial score (nSPS) is 12.4. The van der Waals surface area contributed by atoms with Crippen molar-refractivity contribution in [3.05, 3.63) is 0 Å². The molecule has 75 heavy (non-hydrogen) atoms. The maximum absolute atomic E-state index is 12.5. The van der Waals surface area contributed by atoms with E-state index < -0.39 is 12.1 Å². The quantitative estimate of drug-likeness (QED) is 0.0417. The van der Waals surface area contributed by atoms with Gasteiger partial charge in [-0.05, 0) is 25.7 Å². The van der Waals surface area contributed by atoms with Crippen molar-refractivity contribution in [3.8, 4) is 0 Å². The highest BCUT2D eigenvalue weighted by Crippen LogP contribution is 2.19. The second kappa shape index (κ2) is 65.4. The van der Waals surface area contributed by atoms with E-state index >= 15 is 0 Å². The highest BCUT2D eigenvalue weighted by atomic mass is 16.5. The van der Waals surface area contributed by atoms with Crippen LogP contribution in [0, 0.1) is 0 Å². The summed E-state index contributed by atoms with van der Waals surface area (Å²) in [5, 5.41) is 23.3. The lowest BCUT2D eigenvalue weighted by atomic mass is 10.0. The average Bonchev–Trinajstić information content (AvgIpc) is 3.41. The van der Waals surface area contributed by atoms with Crippen LogP contribution in [0.4, 0.5) is 0 Å². The van der Waals surface area contributed by atoms with Crippen LogP contribution >= 0.6 is 0 Å². The number of aliphatic hydroxyl groups is 2. The van der Waals surface area contributed by atoms with Gasteiger partial charge in [-0.2, -0.15) is 0 Å². The topological polar surface area (TPSA) is 95.9 Å². The largest absolute Gasteiger partial charge is 0.466 e. The number of hydrogen-bond acceptors (Lipinski definition) is 5. The highest BCUT2D eigenvalue weighted by molar-refractivity contribution is 5.76. The maximum Gasteiger partial charge on any atom is 0.305 e. The molecule has 0 aliphatic carbocycles. The van der Waals surface area contributed by atoms with Gasteiger partial charge in [0.15, 0.2) is 0 Å². The Morgan fingerprint density at radius 3 is 0.813 bits per heavy atom. The molecule has 2 atom stereocenters. The number of rotatable bonds is 66. The SMILES string of the molecule is CCCCCCCCCCCCCCCCCCCC(=O)OCCCCCCCCCCCCCCCCCCCCCCCCCCCCCCC(=O)NC(CO)C(O)CCCCCCCCCCCCCCC. The summed E-state index contributed by atoms with van der Waals surface area (Å²) in [6.45, 7) is 5.00. The van der Waals surface area contributed by atoms with Crippen molar-refractivity contribution in [2.24, 2.45) is 0 Å². The zero-order valence-corrected chi connectivity index (χ0v) is 51.3. The van der Waals surface area contributed by atoms with Gasteiger partial charge in [0.1, 0.15) is 0 Å². The molecule has 0 fully saturated rings. The first-order valence-corrected chi connectivity index (χ1v) is 34.8. The second-order valence-corrected chi connectivity index (χ2v) is 24.2. The third-order valence-corrected chi connectivity index (χ3v) is 16.7. The molecule has 448 valence electrons. The predicted octanol–water partition coefficient (Wildman–Crippen LogP) is 22.2. The number of amides is 1. The van der Waals surface area contributed by atoms with Gasteiger partial charge in [-0.3, -0.25) is 9.59 Å². The van der Waals surface area contributed by atoms with Crippen LogP contribution in [0.25, 0.3) is 0 Å². The van der Waals surface area contributed by atoms with Crippen LogP contribution in [-0.2, 0) is 14.3 Å². The summed E-state index contributed by atoms with van der Waals surface area (Å²) in [6, 6.07) is -0.537. The van der Waals surface area contributed by atoms with Gasteiger partial charge < -0.3 is 20.3 Å². The van der Waals surface area contributed by atoms with E-state index in [2.05, 4.69) is 19.2 Å². The summed E-state index contributed by atoms with van der Waals surface area (Å²) in [6.07, 6.45) is 78.7. The molecule has 0 aromatic carbocycles. The van der Waals surface area contributed by atoms with Crippen molar-refractivity contribution < 1.29 is 24.5 Å². The number of carbonyl (C=O) groups excluding carboxylic acids is 2. The lowest BCUT2D eigenvalue weighted by Crippen LogP contribution is -2.45. The van der Waals surface area contributed by atoms with E-state index in [9.17, 15) is 19.8 Å². The molecule has 0 aromatic rings. The summed E-state index contributed by atoms with van der Waals surface area (Å²) in [7, 11) is 0. The van der Waals surface area contributed by atoms with Gasteiger partial charge in [-0.15, -0.1) is 0 Å². The van der Waals surface area contributed by atoms with Crippen molar-refractivity contribution in [3.63, 3.8) is 0 Å². The number of nitrogens with one attached hydrogen (secondary N) is 1. The molecule has 0 spiro atoms. The summed E-state index contributed by atoms with van der Waals surface area (Å²) in [4.78, 5) is 24.6. The smallest absolute Gasteiger partial charge is 0.305 e. The van der Waals surface area contributed by atoms with Crippen LogP contribution in [0.2, 0.25) is 0 Å². The van der Waals surface area contributed by atoms with Crippen molar-refractivity contribution >= 4 is 11.9 Å². The fraction of sp³-hybridized carbons (Fsp3) is 0.971. The molecule has 0 heterocycles. The lowest BCUT2D eigenvalue weighted by molar-refractivity contribution is -0.143. The lowest BCUT2D eigenvalue weighted by Gasteiger charge is -2.22. The zero-order chi connectivity index (χ0) is 54.3. The third-order valence-electron chi connectivity index (χ3n) is 16.7. The number of carbonyl (C=O) groups is 2. The van der Waals surface area contributed by atoms with Crippen LogP contribution in [0.3, 0.4) is 0 Å².